The quantitative estimate of drug-likeness (QED) is 0.818. The van der Waals surface area contributed by atoms with Gasteiger partial charge in [0, 0.05) is 18.2 Å². The Bertz CT molecular complexity index is 560. The van der Waals surface area contributed by atoms with Crippen LogP contribution in [0.25, 0.3) is 6.08 Å². The predicted molar refractivity (Wildman–Crippen MR) is 74.2 cm³/mol. The molecule has 3 heteroatoms. The smallest absolute Gasteiger partial charge is 0.336 e. The predicted octanol–water partition coefficient (Wildman–Crippen LogP) is 2.88. The zero-order valence-corrected chi connectivity index (χ0v) is 10.9. The Morgan fingerprint density at radius 3 is 3.05 bits per heavy atom. The number of ether oxygens (including phenoxy) is 1. The summed E-state index contributed by atoms with van der Waals surface area (Å²) in [6, 6.07) is 1.63. The Morgan fingerprint density at radius 2 is 2.21 bits per heavy atom. The largest absolute Gasteiger partial charge is 0.423 e. The van der Waals surface area contributed by atoms with Gasteiger partial charge in [-0.25, -0.2) is 4.79 Å². The van der Waals surface area contributed by atoms with Crippen molar-refractivity contribution in [2.24, 2.45) is 0 Å². The number of hydrogen-bond donors (Lipinski definition) is 0. The first-order chi connectivity index (χ1) is 9.33. The fourth-order valence-electron chi connectivity index (χ4n) is 2.76. The van der Waals surface area contributed by atoms with Gasteiger partial charge in [-0.2, -0.15) is 0 Å². The van der Waals surface area contributed by atoms with Crippen LogP contribution in [-0.4, -0.2) is 12.7 Å². The topological polar surface area (TPSA) is 39.4 Å². The van der Waals surface area contributed by atoms with Gasteiger partial charge in [0.05, 0.1) is 6.10 Å². The molecule has 1 aliphatic heterocycles. The van der Waals surface area contributed by atoms with Gasteiger partial charge in [0.25, 0.3) is 0 Å². The van der Waals surface area contributed by atoms with Crippen LogP contribution in [0, 0.1) is 0 Å². The van der Waals surface area contributed by atoms with Gasteiger partial charge in [-0.05, 0) is 43.7 Å². The van der Waals surface area contributed by atoms with Gasteiger partial charge < -0.3 is 9.15 Å². The molecule has 0 bridgehead atoms. The molecule has 0 saturated carbocycles. The lowest BCUT2D eigenvalue weighted by molar-refractivity contribution is 0.0166. The number of hydrogen-bond acceptors (Lipinski definition) is 3. The lowest BCUT2D eigenvalue weighted by atomic mass is 9.96. The van der Waals surface area contributed by atoms with Crippen LogP contribution >= 0.6 is 0 Å². The minimum atomic E-state index is -0.267. The third-order valence-electron chi connectivity index (χ3n) is 3.73. The maximum absolute atomic E-state index is 11.7. The first-order valence-corrected chi connectivity index (χ1v) is 6.93. The molecule has 100 valence electrons. The molecule has 0 N–H and O–H groups in total. The minimum absolute atomic E-state index is 0.246. The average molecular weight is 258 g/mol. The SMILES string of the molecule is O=c1cc(CC2CCCCO2)c2c(o1)C=CC=CC2. The zero-order chi connectivity index (χ0) is 13.1. The summed E-state index contributed by atoms with van der Waals surface area (Å²) in [4.78, 5) is 11.7. The number of rotatable bonds is 2. The van der Waals surface area contributed by atoms with Crippen molar-refractivity contribution in [2.45, 2.75) is 38.2 Å². The van der Waals surface area contributed by atoms with Crippen molar-refractivity contribution in [3.63, 3.8) is 0 Å². The van der Waals surface area contributed by atoms with E-state index in [0.29, 0.717) is 5.76 Å². The summed E-state index contributed by atoms with van der Waals surface area (Å²) in [5.74, 6) is 0.698. The molecule has 19 heavy (non-hydrogen) atoms. The molecule has 1 aromatic heterocycles. The van der Waals surface area contributed by atoms with Crippen molar-refractivity contribution >= 4 is 6.08 Å². The van der Waals surface area contributed by atoms with Gasteiger partial charge in [-0.3, -0.25) is 0 Å². The molecule has 1 saturated heterocycles. The van der Waals surface area contributed by atoms with E-state index in [2.05, 4.69) is 6.08 Å². The fraction of sp³-hybridized carbons (Fsp3) is 0.438. The van der Waals surface area contributed by atoms with Crippen LogP contribution in [0.1, 0.15) is 36.1 Å². The van der Waals surface area contributed by atoms with Crippen molar-refractivity contribution in [1.82, 2.24) is 0 Å². The summed E-state index contributed by atoms with van der Waals surface area (Å²) in [5, 5.41) is 0. The zero-order valence-electron chi connectivity index (χ0n) is 10.9. The minimum Gasteiger partial charge on any atom is -0.423 e. The van der Waals surface area contributed by atoms with Crippen molar-refractivity contribution < 1.29 is 9.15 Å². The van der Waals surface area contributed by atoms with Crippen LogP contribution in [0.15, 0.2) is 33.5 Å². The monoisotopic (exact) mass is 258 g/mol. The molecule has 2 aliphatic rings. The van der Waals surface area contributed by atoms with E-state index < -0.39 is 0 Å². The van der Waals surface area contributed by atoms with E-state index in [1.807, 2.05) is 18.2 Å². The van der Waals surface area contributed by atoms with Gasteiger partial charge in [0.2, 0.25) is 0 Å². The van der Waals surface area contributed by atoms with Gasteiger partial charge in [-0.1, -0.05) is 18.2 Å². The molecule has 1 atom stereocenters. The average Bonchev–Trinajstić information content (AvgIpc) is 2.65. The molecule has 0 radical (unpaired) electrons. The second-order valence-corrected chi connectivity index (χ2v) is 5.12. The highest BCUT2D eigenvalue weighted by Gasteiger charge is 2.18. The Morgan fingerprint density at radius 1 is 1.26 bits per heavy atom. The maximum Gasteiger partial charge on any atom is 0.336 e. The molecule has 1 fully saturated rings. The first kappa shape index (κ1) is 12.4. The van der Waals surface area contributed by atoms with Gasteiger partial charge >= 0.3 is 5.63 Å². The summed E-state index contributed by atoms with van der Waals surface area (Å²) in [6.45, 7) is 0.841. The molecule has 1 aliphatic carbocycles. The van der Waals surface area contributed by atoms with E-state index in [-0.39, 0.29) is 11.7 Å². The van der Waals surface area contributed by atoms with Crippen LogP contribution in [0.5, 0.6) is 0 Å². The molecule has 3 nitrogen and oxygen atoms in total. The van der Waals surface area contributed by atoms with Crippen LogP contribution in [0.4, 0.5) is 0 Å². The molecule has 2 heterocycles. The summed E-state index contributed by atoms with van der Waals surface area (Å²) < 4.78 is 11.1. The molecule has 0 spiro atoms. The third-order valence-corrected chi connectivity index (χ3v) is 3.73. The third kappa shape index (κ3) is 2.87. The van der Waals surface area contributed by atoms with E-state index in [1.165, 1.54) is 6.42 Å². The van der Waals surface area contributed by atoms with Crippen molar-refractivity contribution in [3.05, 3.63) is 51.6 Å². The normalized spacial score (nSPS) is 22.0. The van der Waals surface area contributed by atoms with Gasteiger partial charge in [0.1, 0.15) is 5.76 Å². The van der Waals surface area contributed by atoms with E-state index in [4.69, 9.17) is 9.15 Å². The van der Waals surface area contributed by atoms with Crippen LogP contribution < -0.4 is 5.63 Å². The number of fused-ring (bicyclic) bond motifs is 1. The second-order valence-electron chi connectivity index (χ2n) is 5.12. The van der Waals surface area contributed by atoms with E-state index >= 15 is 0 Å². The standard InChI is InChI=1S/C16H18O3/c17-16-11-12(10-13-6-4-5-9-18-13)14-7-2-1-3-8-15(14)19-16/h1-3,8,11,13H,4-7,9-10H2. The first-order valence-electron chi connectivity index (χ1n) is 6.93. The van der Waals surface area contributed by atoms with Crippen molar-refractivity contribution in [1.29, 1.82) is 0 Å². The summed E-state index contributed by atoms with van der Waals surface area (Å²) in [7, 11) is 0. The van der Waals surface area contributed by atoms with Gasteiger partial charge in [0.15, 0.2) is 0 Å². The van der Waals surface area contributed by atoms with E-state index in [9.17, 15) is 4.79 Å². The molecule has 0 amide bonds. The second kappa shape index (κ2) is 5.57. The lowest BCUT2D eigenvalue weighted by Gasteiger charge is -2.23. The van der Waals surface area contributed by atoms with Crippen molar-refractivity contribution in [3.8, 4) is 0 Å². The van der Waals surface area contributed by atoms with Crippen LogP contribution in [-0.2, 0) is 17.6 Å². The summed E-state index contributed by atoms with van der Waals surface area (Å²) >= 11 is 0. The highest BCUT2D eigenvalue weighted by atomic mass is 16.5. The fourth-order valence-corrected chi connectivity index (χ4v) is 2.76. The molecule has 1 aromatic rings. The van der Waals surface area contributed by atoms with Crippen LogP contribution in [0.3, 0.4) is 0 Å². The van der Waals surface area contributed by atoms with Gasteiger partial charge in [-0.15, -0.1) is 0 Å². The van der Waals surface area contributed by atoms with Crippen molar-refractivity contribution in [2.75, 3.05) is 6.61 Å². The Balaban J connectivity index is 1.91. The molecular formula is C16H18O3. The lowest BCUT2D eigenvalue weighted by Crippen LogP contribution is -2.23. The van der Waals surface area contributed by atoms with Crippen LogP contribution in [0.2, 0.25) is 0 Å². The molecule has 3 rings (SSSR count). The summed E-state index contributed by atoms with van der Waals surface area (Å²) in [5.41, 5.74) is 1.93. The summed E-state index contributed by atoms with van der Waals surface area (Å²) in [6.07, 6.45) is 13.2. The molecular weight excluding hydrogens is 240 g/mol. The molecule has 1 unspecified atom stereocenters. The number of allylic oxidation sites excluding steroid dienone is 3. The van der Waals surface area contributed by atoms with E-state index in [1.54, 1.807) is 6.07 Å². The highest BCUT2D eigenvalue weighted by Crippen LogP contribution is 2.23. The van der Waals surface area contributed by atoms with E-state index in [0.717, 1.165) is 43.4 Å². The Labute approximate surface area is 112 Å². The highest BCUT2D eigenvalue weighted by molar-refractivity contribution is 5.53. The Kier molecular flexibility index (Phi) is 3.65. The maximum atomic E-state index is 11.7. The molecule has 0 aromatic carbocycles. The Hall–Kier alpha value is -1.61.